The Balaban J connectivity index is 2.00. The number of nitrogens with two attached hydrogens (primary N) is 1. The molecule has 0 aliphatic heterocycles. The van der Waals surface area contributed by atoms with Crippen molar-refractivity contribution < 1.29 is 22.7 Å². The molecule has 0 unspecified atom stereocenters. The number of hydrogen-bond donors (Lipinski definition) is 1. The Kier molecular flexibility index (Phi) is 6.64. The Morgan fingerprint density at radius 1 is 1.23 bits per heavy atom. The van der Waals surface area contributed by atoms with E-state index in [-0.39, 0.29) is 15.5 Å². The number of likely N-dealkylation sites (N-methyl/N-ethyl adjacent to an activating group) is 1. The molecule has 0 spiro atoms. The number of primary sulfonamides is 1. The number of nitrogens with zero attached hydrogens (tertiary/aromatic N) is 1. The molecule has 1 aromatic carbocycles. The van der Waals surface area contributed by atoms with Crippen LogP contribution in [0.1, 0.15) is 15.2 Å². The molecule has 11 heteroatoms. The molecule has 0 aliphatic carbocycles. The third-order valence-corrected chi connectivity index (χ3v) is 5.72. The number of carbonyl (C=O) groups is 2. The molecule has 0 aliphatic rings. The van der Waals surface area contributed by atoms with Crippen LogP contribution in [0.3, 0.4) is 0 Å². The molecule has 140 valence electrons. The van der Waals surface area contributed by atoms with Gasteiger partial charge in [-0.2, -0.15) is 0 Å². The van der Waals surface area contributed by atoms with Crippen molar-refractivity contribution in [3.63, 3.8) is 0 Å². The zero-order valence-electron chi connectivity index (χ0n) is 13.4. The molecule has 2 rings (SSSR count). The number of thiophene rings is 1. The minimum atomic E-state index is -4.00. The van der Waals surface area contributed by atoms with Crippen LogP contribution in [0.15, 0.2) is 35.2 Å². The van der Waals surface area contributed by atoms with E-state index < -0.39 is 28.5 Å². The number of benzene rings is 1. The van der Waals surface area contributed by atoms with Crippen LogP contribution >= 0.6 is 34.5 Å². The molecule has 2 aromatic rings. The van der Waals surface area contributed by atoms with Gasteiger partial charge >= 0.3 is 5.97 Å². The lowest BCUT2D eigenvalue weighted by Gasteiger charge is -2.16. The molecule has 26 heavy (non-hydrogen) atoms. The van der Waals surface area contributed by atoms with E-state index >= 15 is 0 Å². The topological polar surface area (TPSA) is 107 Å². The molecule has 1 heterocycles. The van der Waals surface area contributed by atoms with E-state index in [4.69, 9.17) is 33.1 Å². The second kappa shape index (κ2) is 8.36. The lowest BCUT2D eigenvalue weighted by molar-refractivity contribution is -0.133. The molecule has 2 N–H and O–H groups in total. The van der Waals surface area contributed by atoms with Crippen molar-refractivity contribution in [3.8, 4) is 0 Å². The number of ether oxygens (including phenoxy) is 1. The van der Waals surface area contributed by atoms with E-state index in [9.17, 15) is 18.0 Å². The summed E-state index contributed by atoms with van der Waals surface area (Å²) in [5.41, 5.74) is -0.196. The van der Waals surface area contributed by atoms with E-state index in [1.165, 1.54) is 28.4 Å². The highest BCUT2D eigenvalue weighted by Crippen LogP contribution is 2.23. The number of rotatable bonds is 6. The third kappa shape index (κ3) is 5.42. The highest BCUT2D eigenvalue weighted by atomic mass is 35.5. The van der Waals surface area contributed by atoms with Gasteiger partial charge in [-0.1, -0.05) is 23.2 Å². The fourth-order valence-corrected chi connectivity index (χ4v) is 3.79. The van der Waals surface area contributed by atoms with Crippen molar-refractivity contribution in [3.05, 3.63) is 50.1 Å². The van der Waals surface area contributed by atoms with Crippen LogP contribution in [0.5, 0.6) is 0 Å². The molecule has 0 fully saturated rings. The minimum absolute atomic E-state index is 0.0172. The van der Waals surface area contributed by atoms with Crippen LogP contribution in [0.25, 0.3) is 0 Å². The van der Waals surface area contributed by atoms with Gasteiger partial charge in [0.2, 0.25) is 10.0 Å². The molecular formula is C15H14Cl2N2O5S2. The van der Waals surface area contributed by atoms with Crippen LogP contribution in [0.2, 0.25) is 9.36 Å². The predicted octanol–water partition coefficient (Wildman–Crippen LogP) is 2.52. The average Bonchev–Trinajstić information content (AvgIpc) is 2.96. The normalized spacial score (nSPS) is 11.2. The fourth-order valence-electron chi connectivity index (χ4n) is 1.91. The van der Waals surface area contributed by atoms with Gasteiger partial charge in [0.05, 0.1) is 26.4 Å². The van der Waals surface area contributed by atoms with Gasteiger partial charge in [-0.25, -0.2) is 18.4 Å². The molecule has 0 radical (unpaired) electrons. The number of hydrogen-bond acceptors (Lipinski definition) is 6. The zero-order valence-corrected chi connectivity index (χ0v) is 16.6. The smallest absolute Gasteiger partial charge is 0.340 e. The maximum Gasteiger partial charge on any atom is 0.340 e. The lowest BCUT2D eigenvalue weighted by Crippen LogP contribution is -2.30. The fraction of sp³-hybridized carbons (Fsp3) is 0.200. The van der Waals surface area contributed by atoms with Gasteiger partial charge in [-0.15, -0.1) is 11.3 Å². The molecule has 0 atom stereocenters. The first-order chi connectivity index (χ1) is 12.1. The van der Waals surface area contributed by atoms with Crippen molar-refractivity contribution in [1.29, 1.82) is 0 Å². The molecule has 7 nitrogen and oxygen atoms in total. The molecular weight excluding hydrogens is 423 g/mol. The average molecular weight is 437 g/mol. The van der Waals surface area contributed by atoms with Crippen molar-refractivity contribution in [2.45, 2.75) is 11.4 Å². The van der Waals surface area contributed by atoms with Gasteiger partial charge in [0.25, 0.3) is 5.91 Å². The molecule has 0 bridgehead atoms. The summed E-state index contributed by atoms with van der Waals surface area (Å²) in [5.74, 6) is -1.37. The minimum Gasteiger partial charge on any atom is -0.452 e. The summed E-state index contributed by atoms with van der Waals surface area (Å²) in [6.07, 6.45) is 0. The summed E-state index contributed by atoms with van der Waals surface area (Å²) in [7, 11) is -2.45. The Morgan fingerprint density at radius 3 is 2.50 bits per heavy atom. The highest BCUT2D eigenvalue weighted by Gasteiger charge is 2.19. The quantitative estimate of drug-likeness (QED) is 0.699. The van der Waals surface area contributed by atoms with Gasteiger partial charge in [-0.05, 0) is 30.3 Å². The molecule has 1 amide bonds. The summed E-state index contributed by atoms with van der Waals surface area (Å²) in [5, 5.41) is 5.00. The molecule has 0 saturated heterocycles. The molecule has 1 aromatic heterocycles. The summed E-state index contributed by atoms with van der Waals surface area (Å²) in [6, 6.07) is 6.90. The largest absolute Gasteiger partial charge is 0.452 e. The van der Waals surface area contributed by atoms with E-state index in [1.54, 1.807) is 19.2 Å². The number of carbonyl (C=O) groups excluding carboxylic acids is 2. The van der Waals surface area contributed by atoms with Crippen molar-refractivity contribution >= 4 is 56.4 Å². The Hall–Kier alpha value is -1.65. The van der Waals surface area contributed by atoms with Crippen LogP contribution in [-0.2, 0) is 26.1 Å². The first-order valence-electron chi connectivity index (χ1n) is 7.05. The Labute approximate surface area is 164 Å². The van der Waals surface area contributed by atoms with Gasteiger partial charge in [0, 0.05) is 11.9 Å². The third-order valence-electron chi connectivity index (χ3n) is 3.26. The lowest BCUT2D eigenvalue weighted by atomic mass is 10.2. The number of halogens is 2. The van der Waals surface area contributed by atoms with Gasteiger partial charge in [-0.3, -0.25) is 4.79 Å². The standard InChI is InChI=1S/C15H14Cl2N2O5S2/c1-19(7-9-2-5-13(17)25-9)14(20)8-24-15(21)11-6-10(26(18,22)23)3-4-12(11)16/h2-6H,7-8H2,1H3,(H2,18,22,23). The number of amides is 1. The maximum atomic E-state index is 12.1. The Bertz CT molecular complexity index is 943. The summed E-state index contributed by atoms with van der Waals surface area (Å²) >= 11 is 13.1. The predicted molar refractivity (Wildman–Crippen MR) is 98.9 cm³/mol. The summed E-state index contributed by atoms with van der Waals surface area (Å²) < 4.78 is 28.3. The van der Waals surface area contributed by atoms with Crippen molar-refractivity contribution in [2.24, 2.45) is 5.14 Å². The van der Waals surface area contributed by atoms with Crippen LogP contribution in [0.4, 0.5) is 0 Å². The number of sulfonamides is 1. The maximum absolute atomic E-state index is 12.1. The van der Waals surface area contributed by atoms with Gasteiger partial charge in [0.15, 0.2) is 6.61 Å². The van der Waals surface area contributed by atoms with E-state index in [0.717, 1.165) is 10.9 Å². The SMILES string of the molecule is CN(Cc1ccc(Cl)s1)C(=O)COC(=O)c1cc(S(N)(=O)=O)ccc1Cl. The van der Waals surface area contributed by atoms with E-state index in [2.05, 4.69) is 0 Å². The number of esters is 1. The molecule has 0 saturated carbocycles. The summed E-state index contributed by atoms with van der Waals surface area (Å²) in [4.78, 5) is 26.1. The van der Waals surface area contributed by atoms with E-state index in [0.29, 0.717) is 10.9 Å². The first-order valence-corrected chi connectivity index (χ1v) is 10.2. The summed E-state index contributed by atoms with van der Waals surface area (Å²) in [6.45, 7) is -0.209. The first kappa shape index (κ1) is 20.7. The van der Waals surface area contributed by atoms with Gasteiger partial charge in [0.1, 0.15) is 0 Å². The van der Waals surface area contributed by atoms with Crippen LogP contribution in [-0.4, -0.2) is 38.8 Å². The highest BCUT2D eigenvalue weighted by molar-refractivity contribution is 7.89. The van der Waals surface area contributed by atoms with Gasteiger partial charge < -0.3 is 9.64 Å². The van der Waals surface area contributed by atoms with Crippen molar-refractivity contribution in [2.75, 3.05) is 13.7 Å². The van der Waals surface area contributed by atoms with Crippen LogP contribution in [0, 0.1) is 0 Å². The second-order valence-corrected chi connectivity index (χ2v) is 8.99. The van der Waals surface area contributed by atoms with E-state index in [1.807, 2.05) is 0 Å². The van der Waals surface area contributed by atoms with Crippen molar-refractivity contribution in [1.82, 2.24) is 4.90 Å². The van der Waals surface area contributed by atoms with Crippen LogP contribution < -0.4 is 5.14 Å². The monoisotopic (exact) mass is 436 g/mol. The second-order valence-electron chi connectivity index (χ2n) is 5.22. The Morgan fingerprint density at radius 2 is 1.92 bits per heavy atom. The zero-order chi connectivity index (χ0) is 19.5.